The van der Waals surface area contributed by atoms with Gasteiger partial charge in [0.05, 0.1) is 10.9 Å². The van der Waals surface area contributed by atoms with E-state index in [4.69, 9.17) is 11.6 Å². The molecular formula is C14H14BrClN2OS. The lowest BCUT2D eigenvalue weighted by atomic mass is 10.3. The highest BCUT2D eigenvalue weighted by molar-refractivity contribution is 9.10. The first-order valence-corrected chi connectivity index (χ1v) is 8.40. The van der Waals surface area contributed by atoms with E-state index in [0.717, 1.165) is 32.2 Å². The van der Waals surface area contributed by atoms with E-state index < -0.39 is 0 Å². The van der Waals surface area contributed by atoms with Gasteiger partial charge >= 0.3 is 0 Å². The van der Waals surface area contributed by atoms with E-state index in [9.17, 15) is 4.79 Å². The lowest BCUT2D eigenvalue weighted by Crippen LogP contribution is -2.27. The molecule has 0 aromatic carbocycles. The molecule has 3 nitrogen and oxygen atoms in total. The molecule has 0 unspecified atom stereocenters. The molecule has 2 aromatic rings. The SMILES string of the molecule is CN(Cc1ccc(Cl)s1)C(=O)c1cc(Br)cn1C1CC1. The number of aromatic nitrogens is 1. The molecule has 0 spiro atoms. The predicted molar refractivity (Wildman–Crippen MR) is 85.5 cm³/mol. The number of amides is 1. The van der Waals surface area contributed by atoms with Crippen molar-refractivity contribution in [3.63, 3.8) is 0 Å². The van der Waals surface area contributed by atoms with E-state index in [2.05, 4.69) is 20.5 Å². The van der Waals surface area contributed by atoms with E-state index in [1.54, 1.807) is 4.90 Å². The Morgan fingerprint density at radius 1 is 1.55 bits per heavy atom. The highest BCUT2D eigenvalue weighted by atomic mass is 79.9. The quantitative estimate of drug-likeness (QED) is 0.770. The van der Waals surface area contributed by atoms with E-state index in [-0.39, 0.29) is 5.91 Å². The van der Waals surface area contributed by atoms with Crippen molar-refractivity contribution in [3.8, 4) is 0 Å². The van der Waals surface area contributed by atoms with Crippen LogP contribution in [0.3, 0.4) is 0 Å². The zero-order chi connectivity index (χ0) is 14.3. The van der Waals surface area contributed by atoms with Crippen molar-refractivity contribution >= 4 is 44.8 Å². The van der Waals surface area contributed by atoms with Gasteiger partial charge in [0, 0.05) is 28.6 Å². The van der Waals surface area contributed by atoms with Crippen LogP contribution in [0.25, 0.3) is 0 Å². The van der Waals surface area contributed by atoms with Gasteiger partial charge in [-0.1, -0.05) is 11.6 Å². The van der Waals surface area contributed by atoms with Gasteiger partial charge in [0.15, 0.2) is 0 Å². The fourth-order valence-electron chi connectivity index (χ4n) is 2.21. The van der Waals surface area contributed by atoms with Crippen LogP contribution < -0.4 is 0 Å². The van der Waals surface area contributed by atoms with Crippen molar-refractivity contribution in [2.75, 3.05) is 7.05 Å². The second-order valence-electron chi connectivity index (χ2n) is 5.05. The Kier molecular flexibility index (Phi) is 3.93. The topological polar surface area (TPSA) is 25.2 Å². The summed E-state index contributed by atoms with van der Waals surface area (Å²) in [4.78, 5) is 15.4. The number of hydrogen-bond donors (Lipinski definition) is 0. The number of nitrogens with zero attached hydrogens (tertiary/aromatic N) is 2. The van der Waals surface area contributed by atoms with E-state index in [0.29, 0.717) is 12.6 Å². The van der Waals surface area contributed by atoms with Gasteiger partial charge in [-0.3, -0.25) is 4.79 Å². The van der Waals surface area contributed by atoms with Crippen molar-refractivity contribution in [2.45, 2.75) is 25.4 Å². The molecule has 0 atom stereocenters. The maximum absolute atomic E-state index is 12.6. The molecule has 0 radical (unpaired) electrons. The van der Waals surface area contributed by atoms with Gasteiger partial charge in [-0.15, -0.1) is 11.3 Å². The van der Waals surface area contributed by atoms with Crippen molar-refractivity contribution < 1.29 is 4.79 Å². The molecule has 0 bridgehead atoms. The molecule has 1 aliphatic rings. The first kappa shape index (κ1) is 14.2. The summed E-state index contributed by atoms with van der Waals surface area (Å²) in [5, 5.41) is 0. The summed E-state index contributed by atoms with van der Waals surface area (Å²) < 4.78 is 3.80. The maximum Gasteiger partial charge on any atom is 0.270 e. The number of carbonyl (C=O) groups is 1. The Morgan fingerprint density at radius 3 is 2.90 bits per heavy atom. The zero-order valence-electron chi connectivity index (χ0n) is 11.0. The molecule has 20 heavy (non-hydrogen) atoms. The predicted octanol–water partition coefficient (Wildman–Crippen LogP) is 4.57. The van der Waals surface area contributed by atoms with Crippen LogP contribution in [0.5, 0.6) is 0 Å². The third kappa shape index (κ3) is 2.95. The molecule has 2 aromatic heterocycles. The minimum Gasteiger partial charge on any atom is -0.339 e. The van der Waals surface area contributed by atoms with Gasteiger partial charge in [-0.25, -0.2) is 0 Å². The number of halogens is 2. The molecule has 0 aliphatic heterocycles. The molecule has 1 saturated carbocycles. The van der Waals surface area contributed by atoms with Crippen LogP contribution in [0, 0.1) is 0 Å². The summed E-state index contributed by atoms with van der Waals surface area (Å²) in [7, 11) is 1.83. The molecule has 1 fully saturated rings. The van der Waals surface area contributed by atoms with Crippen LogP contribution in [-0.4, -0.2) is 22.4 Å². The van der Waals surface area contributed by atoms with Gasteiger partial charge in [0.2, 0.25) is 0 Å². The summed E-state index contributed by atoms with van der Waals surface area (Å²) in [6, 6.07) is 6.22. The smallest absolute Gasteiger partial charge is 0.270 e. The largest absolute Gasteiger partial charge is 0.339 e. The monoisotopic (exact) mass is 372 g/mol. The van der Waals surface area contributed by atoms with Crippen molar-refractivity contribution in [3.05, 3.63) is 43.8 Å². The van der Waals surface area contributed by atoms with E-state index in [1.807, 2.05) is 31.4 Å². The molecule has 2 heterocycles. The lowest BCUT2D eigenvalue weighted by molar-refractivity contribution is 0.0775. The fraction of sp³-hybridized carbons (Fsp3) is 0.357. The van der Waals surface area contributed by atoms with Crippen LogP contribution in [-0.2, 0) is 6.54 Å². The Hall–Kier alpha value is -0.780. The second-order valence-corrected chi connectivity index (χ2v) is 7.76. The summed E-state index contributed by atoms with van der Waals surface area (Å²) in [6.45, 7) is 0.587. The Morgan fingerprint density at radius 2 is 2.30 bits per heavy atom. The number of carbonyl (C=O) groups excluding carboxylic acids is 1. The third-order valence-electron chi connectivity index (χ3n) is 3.34. The normalized spacial score (nSPS) is 14.6. The Bertz CT molecular complexity index is 647. The van der Waals surface area contributed by atoms with Crippen molar-refractivity contribution in [1.29, 1.82) is 0 Å². The second kappa shape index (κ2) is 5.54. The highest BCUT2D eigenvalue weighted by Gasteiger charge is 2.28. The minimum atomic E-state index is 0.0483. The van der Waals surface area contributed by atoms with Gasteiger partial charge in [-0.05, 0) is 47.0 Å². The van der Waals surface area contributed by atoms with Gasteiger partial charge in [0.25, 0.3) is 5.91 Å². The highest BCUT2D eigenvalue weighted by Crippen LogP contribution is 2.37. The van der Waals surface area contributed by atoms with Crippen molar-refractivity contribution in [1.82, 2.24) is 9.47 Å². The maximum atomic E-state index is 12.6. The summed E-state index contributed by atoms with van der Waals surface area (Å²) in [5.41, 5.74) is 0.754. The Labute approximate surface area is 135 Å². The van der Waals surface area contributed by atoms with Crippen LogP contribution in [0.15, 0.2) is 28.9 Å². The lowest BCUT2D eigenvalue weighted by Gasteiger charge is -2.17. The summed E-state index contributed by atoms with van der Waals surface area (Å²) in [6.07, 6.45) is 4.32. The third-order valence-corrected chi connectivity index (χ3v) is 4.99. The molecule has 106 valence electrons. The van der Waals surface area contributed by atoms with Gasteiger partial charge in [-0.2, -0.15) is 0 Å². The first-order chi connectivity index (χ1) is 9.54. The van der Waals surface area contributed by atoms with Crippen molar-refractivity contribution in [2.24, 2.45) is 0 Å². The van der Waals surface area contributed by atoms with Crippen LogP contribution in [0.4, 0.5) is 0 Å². The first-order valence-electron chi connectivity index (χ1n) is 6.41. The molecule has 3 rings (SSSR count). The summed E-state index contributed by atoms with van der Waals surface area (Å²) >= 11 is 10.9. The fourth-order valence-corrected chi connectivity index (χ4v) is 3.79. The van der Waals surface area contributed by atoms with E-state index >= 15 is 0 Å². The van der Waals surface area contributed by atoms with Crippen LogP contribution >= 0.6 is 38.9 Å². The average Bonchev–Trinajstić information content (AvgIpc) is 3.07. The number of rotatable bonds is 4. The summed E-state index contributed by atoms with van der Waals surface area (Å²) in [5.74, 6) is 0.0483. The molecular weight excluding hydrogens is 360 g/mol. The molecule has 0 N–H and O–H groups in total. The standard InChI is InChI=1S/C14H14BrClN2OS/c1-17(8-11-4-5-13(16)20-11)14(19)12-6-9(15)7-18(12)10-2-3-10/h4-7,10H,2-3,8H2,1H3. The molecule has 6 heteroatoms. The van der Waals surface area contributed by atoms with Crippen LogP contribution in [0.1, 0.15) is 34.2 Å². The molecule has 1 aliphatic carbocycles. The molecule has 0 saturated heterocycles. The average molecular weight is 374 g/mol. The minimum absolute atomic E-state index is 0.0483. The number of thiophene rings is 1. The van der Waals surface area contributed by atoms with Gasteiger partial charge < -0.3 is 9.47 Å². The Balaban J connectivity index is 1.77. The number of hydrogen-bond acceptors (Lipinski definition) is 2. The zero-order valence-corrected chi connectivity index (χ0v) is 14.1. The van der Waals surface area contributed by atoms with E-state index in [1.165, 1.54) is 11.3 Å². The van der Waals surface area contributed by atoms with Crippen LogP contribution in [0.2, 0.25) is 4.34 Å². The molecule has 1 amide bonds. The van der Waals surface area contributed by atoms with Gasteiger partial charge in [0.1, 0.15) is 5.69 Å².